The van der Waals surface area contributed by atoms with Crippen LogP contribution in [0.15, 0.2) is 29.1 Å². The van der Waals surface area contributed by atoms with Crippen molar-refractivity contribution in [3.8, 4) is 0 Å². The van der Waals surface area contributed by atoms with Crippen LogP contribution in [0.5, 0.6) is 0 Å². The van der Waals surface area contributed by atoms with E-state index in [0.29, 0.717) is 23.0 Å². The number of benzene rings is 1. The summed E-state index contributed by atoms with van der Waals surface area (Å²) in [7, 11) is 1.27. The maximum atomic E-state index is 12.5. The first-order valence-corrected chi connectivity index (χ1v) is 8.19. The van der Waals surface area contributed by atoms with Gasteiger partial charge in [0.2, 0.25) is 5.91 Å². The Morgan fingerprint density at radius 3 is 2.44 bits per heavy atom. The number of fused-ring (bicyclic) bond motifs is 1. The minimum absolute atomic E-state index is 0.0276. The Hall–Kier alpha value is -2.70. The number of ether oxygens (including phenoxy) is 1. The monoisotopic (exact) mass is 345 g/mol. The van der Waals surface area contributed by atoms with Gasteiger partial charge in [0.15, 0.2) is 0 Å². The zero-order chi connectivity index (χ0) is 18.6. The zero-order valence-corrected chi connectivity index (χ0v) is 14.9. The van der Waals surface area contributed by atoms with Crippen molar-refractivity contribution in [3.05, 3.63) is 40.3 Å². The highest BCUT2D eigenvalue weighted by atomic mass is 16.5. The van der Waals surface area contributed by atoms with Gasteiger partial charge in [-0.25, -0.2) is 9.48 Å². The molecule has 0 radical (unpaired) electrons. The molecule has 0 saturated heterocycles. The molecule has 1 aromatic carbocycles. The van der Waals surface area contributed by atoms with E-state index in [9.17, 15) is 14.4 Å². The molecule has 0 spiro atoms. The molecule has 0 bridgehead atoms. The van der Waals surface area contributed by atoms with Gasteiger partial charge in [0.1, 0.15) is 6.04 Å². The molecule has 7 nitrogen and oxygen atoms in total. The van der Waals surface area contributed by atoms with Gasteiger partial charge in [0, 0.05) is 11.9 Å². The molecule has 1 aromatic heterocycles. The number of methoxy groups -OCH3 is 1. The summed E-state index contributed by atoms with van der Waals surface area (Å²) in [6.07, 6.45) is -0.0276. The summed E-state index contributed by atoms with van der Waals surface area (Å²) >= 11 is 0. The average Bonchev–Trinajstić information content (AvgIpc) is 2.57. The van der Waals surface area contributed by atoms with E-state index in [2.05, 4.69) is 15.2 Å². The van der Waals surface area contributed by atoms with E-state index in [1.54, 1.807) is 31.2 Å². The van der Waals surface area contributed by atoms with Crippen molar-refractivity contribution in [1.82, 2.24) is 15.1 Å². The fourth-order valence-corrected chi connectivity index (χ4v) is 2.59. The number of nitrogens with zero attached hydrogens (tertiary/aromatic N) is 2. The first-order valence-electron chi connectivity index (χ1n) is 8.19. The predicted octanol–water partition coefficient (Wildman–Crippen LogP) is 1.27. The number of amides is 1. The maximum Gasteiger partial charge on any atom is 0.328 e. The molecule has 7 heteroatoms. The minimum Gasteiger partial charge on any atom is -0.467 e. The van der Waals surface area contributed by atoms with Crippen LogP contribution in [-0.2, 0) is 27.3 Å². The molecule has 2 rings (SSSR count). The summed E-state index contributed by atoms with van der Waals surface area (Å²) in [5.74, 6) is -0.631. The molecule has 0 aliphatic rings. The minimum atomic E-state index is -0.745. The molecule has 1 atom stereocenters. The van der Waals surface area contributed by atoms with Gasteiger partial charge in [0.25, 0.3) is 5.56 Å². The van der Waals surface area contributed by atoms with E-state index in [-0.39, 0.29) is 23.8 Å². The maximum absolute atomic E-state index is 12.5. The molecule has 1 N–H and O–H groups in total. The highest BCUT2D eigenvalue weighted by molar-refractivity contribution is 5.90. The summed E-state index contributed by atoms with van der Waals surface area (Å²) in [6.45, 7) is 6.01. The van der Waals surface area contributed by atoms with Crippen molar-refractivity contribution in [2.75, 3.05) is 7.11 Å². The van der Waals surface area contributed by atoms with Gasteiger partial charge in [-0.05, 0) is 18.9 Å². The molecule has 0 aliphatic carbocycles. The molecule has 25 heavy (non-hydrogen) atoms. The molecule has 2 aromatic rings. The second kappa shape index (κ2) is 7.92. The normalized spacial score (nSPS) is 12.2. The van der Waals surface area contributed by atoms with Crippen LogP contribution in [0.3, 0.4) is 0 Å². The first-order chi connectivity index (χ1) is 11.8. The molecule has 134 valence electrons. The Morgan fingerprint density at radius 1 is 1.20 bits per heavy atom. The van der Waals surface area contributed by atoms with Crippen molar-refractivity contribution in [2.24, 2.45) is 5.92 Å². The largest absolute Gasteiger partial charge is 0.467 e. The van der Waals surface area contributed by atoms with E-state index in [1.807, 2.05) is 13.8 Å². The number of nitrogens with one attached hydrogen (secondary N) is 1. The third kappa shape index (κ3) is 4.43. The number of rotatable bonds is 6. The van der Waals surface area contributed by atoms with Gasteiger partial charge in [-0.15, -0.1) is 0 Å². The van der Waals surface area contributed by atoms with Crippen molar-refractivity contribution < 1.29 is 14.3 Å². The lowest BCUT2D eigenvalue weighted by Gasteiger charge is -2.14. The van der Waals surface area contributed by atoms with E-state index in [1.165, 1.54) is 11.8 Å². The van der Waals surface area contributed by atoms with E-state index in [0.717, 1.165) is 0 Å². The van der Waals surface area contributed by atoms with Gasteiger partial charge in [0.05, 0.1) is 24.6 Å². The van der Waals surface area contributed by atoms with Gasteiger partial charge >= 0.3 is 5.97 Å². The van der Waals surface area contributed by atoms with E-state index < -0.39 is 12.0 Å². The van der Waals surface area contributed by atoms with Crippen LogP contribution in [-0.4, -0.2) is 34.8 Å². The van der Waals surface area contributed by atoms with E-state index >= 15 is 0 Å². The van der Waals surface area contributed by atoms with Crippen LogP contribution >= 0.6 is 0 Å². The summed E-state index contributed by atoms with van der Waals surface area (Å²) in [6, 6.07) is 6.34. The second-order valence-corrected chi connectivity index (χ2v) is 6.36. The summed E-state index contributed by atoms with van der Waals surface area (Å²) in [4.78, 5) is 36.2. The standard InChI is InChI=1S/C18H23N3O4/c1-11(2)10-21-17(23)14-8-6-5-7-13(14)15(20-21)9-16(22)19-12(3)18(24)25-4/h5-8,11-12H,9-10H2,1-4H3,(H,19,22)/t12-/m0/s1. The molecular weight excluding hydrogens is 322 g/mol. The van der Waals surface area contributed by atoms with E-state index in [4.69, 9.17) is 0 Å². The highest BCUT2D eigenvalue weighted by Gasteiger charge is 2.18. The first kappa shape index (κ1) is 18.6. The van der Waals surface area contributed by atoms with Crippen LogP contribution < -0.4 is 10.9 Å². The number of carbonyl (C=O) groups excluding carboxylic acids is 2. The topological polar surface area (TPSA) is 90.3 Å². The van der Waals surface area contributed by atoms with Crippen molar-refractivity contribution >= 4 is 22.6 Å². The van der Waals surface area contributed by atoms with Gasteiger partial charge in [-0.1, -0.05) is 32.0 Å². The molecule has 1 amide bonds. The third-order valence-corrected chi connectivity index (χ3v) is 3.74. The third-order valence-electron chi connectivity index (χ3n) is 3.74. The van der Waals surface area contributed by atoms with Crippen LogP contribution in [0, 0.1) is 5.92 Å². The summed E-state index contributed by atoms with van der Waals surface area (Å²) < 4.78 is 6.00. The molecule has 1 heterocycles. The lowest BCUT2D eigenvalue weighted by Crippen LogP contribution is -2.40. The van der Waals surface area contributed by atoms with Crippen molar-refractivity contribution in [2.45, 2.75) is 39.8 Å². The average molecular weight is 345 g/mol. The Balaban J connectivity index is 2.36. The summed E-state index contributed by atoms with van der Waals surface area (Å²) in [5, 5.41) is 8.13. The Kier molecular flexibility index (Phi) is 5.90. The molecule has 0 unspecified atom stereocenters. The Bertz CT molecular complexity index is 842. The number of hydrogen-bond acceptors (Lipinski definition) is 5. The SMILES string of the molecule is COC(=O)[C@H](C)NC(=O)Cc1nn(CC(C)C)c(=O)c2ccccc12. The highest BCUT2D eigenvalue weighted by Crippen LogP contribution is 2.14. The van der Waals surface area contributed by atoms with Crippen LogP contribution in [0.1, 0.15) is 26.5 Å². The predicted molar refractivity (Wildman–Crippen MR) is 94.2 cm³/mol. The zero-order valence-electron chi connectivity index (χ0n) is 14.9. The number of hydrogen-bond donors (Lipinski definition) is 1. The van der Waals surface area contributed by atoms with Crippen LogP contribution in [0.25, 0.3) is 10.8 Å². The number of esters is 1. The lowest BCUT2D eigenvalue weighted by atomic mass is 10.1. The Morgan fingerprint density at radius 2 is 1.84 bits per heavy atom. The Labute approximate surface area is 146 Å². The van der Waals surface area contributed by atoms with Gasteiger partial charge < -0.3 is 10.1 Å². The number of carbonyl (C=O) groups is 2. The van der Waals surface area contributed by atoms with Gasteiger partial charge in [-0.2, -0.15) is 5.10 Å². The molecule has 0 fully saturated rings. The molecule has 0 saturated carbocycles. The van der Waals surface area contributed by atoms with Crippen LogP contribution in [0.4, 0.5) is 0 Å². The van der Waals surface area contributed by atoms with Gasteiger partial charge in [-0.3, -0.25) is 9.59 Å². The molecule has 0 aliphatic heterocycles. The summed E-state index contributed by atoms with van der Waals surface area (Å²) in [5.41, 5.74) is 0.335. The number of aromatic nitrogens is 2. The smallest absolute Gasteiger partial charge is 0.328 e. The van der Waals surface area contributed by atoms with Crippen molar-refractivity contribution in [3.63, 3.8) is 0 Å². The fourth-order valence-electron chi connectivity index (χ4n) is 2.59. The quantitative estimate of drug-likeness (QED) is 0.796. The fraction of sp³-hybridized carbons (Fsp3) is 0.444. The molecular formula is C18H23N3O4. The second-order valence-electron chi connectivity index (χ2n) is 6.36. The van der Waals surface area contributed by atoms with Crippen LogP contribution in [0.2, 0.25) is 0 Å². The van der Waals surface area contributed by atoms with Crippen molar-refractivity contribution in [1.29, 1.82) is 0 Å². The lowest BCUT2D eigenvalue weighted by molar-refractivity contribution is -0.144.